The van der Waals surface area contributed by atoms with Crippen molar-refractivity contribution in [1.82, 2.24) is 10.2 Å². The Bertz CT molecular complexity index is 677. The summed E-state index contributed by atoms with van der Waals surface area (Å²) in [6.07, 6.45) is 0.447. The van der Waals surface area contributed by atoms with Crippen LogP contribution in [0, 0.1) is 0 Å². The Labute approximate surface area is 173 Å². The number of aliphatic hydroxyl groups excluding tert-OH is 2. The second kappa shape index (κ2) is 9.00. The van der Waals surface area contributed by atoms with E-state index in [0.29, 0.717) is 18.8 Å². The van der Waals surface area contributed by atoms with Crippen molar-refractivity contribution in [1.29, 1.82) is 0 Å². The van der Waals surface area contributed by atoms with Crippen LogP contribution in [-0.2, 0) is 16.1 Å². The maximum Gasteiger partial charge on any atom is 0.258 e. The van der Waals surface area contributed by atoms with Crippen LogP contribution in [0.3, 0.4) is 0 Å². The zero-order valence-electron chi connectivity index (χ0n) is 17.7. The third-order valence-corrected chi connectivity index (χ3v) is 5.62. The molecule has 3 N–H and O–H groups in total. The van der Waals surface area contributed by atoms with Crippen LogP contribution in [0.25, 0.3) is 0 Å². The van der Waals surface area contributed by atoms with Crippen LogP contribution >= 0.6 is 0 Å². The lowest BCUT2D eigenvalue weighted by Crippen LogP contribution is -2.59. The number of benzene rings is 1. The number of nitrogens with one attached hydrogen (secondary N) is 1. The Kier molecular flexibility index (Phi) is 6.83. The summed E-state index contributed by atoms with van der Waals surface area (Å²) in [7, 11) is 0. The van der Waals surface area contributed by atoms with Crippen LogP contribution in [0.2, 0.25) is 0 Å². The Morgan fingerprint density at radius 3 is 2.52 bits per heavy atom. The van der Waals surface area contributed by atoms with E-state index in [1.54, 1.807) is 0 Å². The quantitative estimate of drug-likeness (QED) is 0.686. The predicted octanol–water partition coefficient (Wildman–Crippen LogP) is 1.46. The lowest BCUT2D eigenvalue weighted by molar-refractivity contribution is -0.214. The van der Waals surface area contributed by atoms with Crippen molar-refractivity contribution in [2.45, 2.75) is 69.9 Å². The molecular formula is C22H34N2O5. The number of likely N-dealkylation sites (tertiary alicyclic amines) is 1. The van der Waals surface area contributed by atoms with Gasteiger partial charge in [0.15, 0.2) is 6.61 Å². The number of nitrogens with zero attached hydrogens (tertiary/aromatic N) is 1. The van der Waals surface area contributed by atoms with Gasteiger partial charge in [0, 0.05) is 25.2 Å². The van der Waals surface area contributed by atoms with Crippen LogP contribution < -0.4 is 10.1 Å². The second-order valence-corrected chi connectivity index (χ2v) is 9.22. The van der Waals surface area contributed by atoms with Gasteiger partial charge in [0.2, 0.25) is 0 Å². The molecule has 0 aliphatic carbocycles. The molecule has 0 unspecified atom stereocenters. The van der Waals surface area contributed by atoms with Crippen molar-refractivity contribution in [3.63, 3.8) is 0 Å². The van der Waals surface area contributed by atoms with Crippen LogP contribution in [0.1, 0.15) is 45.6 Å². The van der Waals surface area contributed by atoms with E-state index in [1.807, 2.05) is 45.0 Å². The van der Waals surface area contributed by atoms with Gasteiger partial charge >= 0.3 is 0 Å². The maximum atomic E-state index is 11.8. The van der Waals surface area contributed by atoms with Gasteiger partial charge < -0.3 is 25.0 Å². The van der Waals surface area contributed by atoms with Gasteiger partial charge in [0.1, 0.15) is 11.9 Å². The summed E-state index contributed by atoms with van der Waals surface area (Å²) >= 11 is 0. The fourth-order valence-electron chi connectivity index (χ4n) is 4.06. The van der Waals surface area contributed by atoms with E-state index in [2.05, 4.69) is 10.2 Å². The molecule has 0 saturated carbocycles. The molecule has 29 heavy (non-hydrogen) atoms. The minimum absolute atomic E-state index is 0.000990. The largest absolute Gasteiger partial charge is 0.484 e. The summed E-state index contributed by atoms with van der Waals surface area (Å²) in [6, 6.07) is 7.79. The molecule has 2 saturated heterocycles. The minimum atomic E-state index is -0.801. The summed E-state index contributed by atoms with van der Waals surface area (Å²) < 4.78 is 11.5. The standard InChI is InChI=1S/C22H34N2O5/c1-21(2,3)23-19(26)15-28-17-6-4-16(5-7-17)14-24-11-9-22(10-12-24)20(27)18(25)8-13-29-22/h4-7,18,20,25,27H,8-15H2,1-3H3,(H,23,26)/t18-,20-/m0/s1. The van der Waals surface area contributed by atoms with Gasteiger partial charge in [0.25, 0.3) is 5.91 Å². The van der Waals surface area contributed by atoms with E-state index >= 15 is 0 Å². The van der Waals surface area contributed by atoms with E-state index in [1.165, 1.54) is 0 Å². The summed E-state index contributed by atoms with van der Waals surface area (Å²) in [6.45, 7) is 8.75. The first-order chi connectivity index (χ1) is 13.7. The van der Waals surface area contributed by atoms with Gasteiger partial charge in [-0.1, -0.05) is 12.1 Å². The molecule has 7 nitrogen and oxygen atoms in total. The molecule has 1 aromatic carbocycles. The molecule has 1 aromatic rings. The smallest absolute Gasteiger partial charge is 0.258 e. The Morgan fingerprint density at radius 1 is 1.24 bits per heavy atom. The van der Waals surface area contributed by atoms with Crippen molar-refractivity contribution >= 4 is 5.91 Å². The average Bonchev–Trinajstić information content (AvgIpc) is 2.66. The summed E-state index contributed by atoms with van der Waals surface area (Å²) in [4.78, 5) is 14.2. The molecule has 162 valence electrons. The predicted molar refractivity (Wildman–Crippen MR) is 110 cm³/mol. The van der Waals surface area contributed by atoms with E-state index < -0.39 is 17.8 Å². The van der Waals surface area contributed by atoms with Crippen LogP contribution in [0.15, 0.2) is 24.3 Å². The van der Waals surface area contributed by atoms with Crippen LogP contribution in [0.5, 0.6) is 5.75 Å². The molecule has 1 amide bonds. The fourth-order valence-corrected chi connectivity index (χ4v) is 4.06. The molecule has 1 spiro atoms. The van der Waals surface area contributed by atoms with E-state index in [-0.39, 0.29) is 18.1 Å². The molecule has 2 heterocycles. The lowest BCUT2D eigenvalue weighted by atomic mass is 9.80. The SMILES string of the molecule is CC(C)(C)NC(=O)COc1ccc(CN2CCC3(CC2)OCC[C@H](O)[C@@H]3O)cc1. The highest BCUT2D eigenvalue weighted by molar-refractivity contribution is 5.78. The highest BCUT2D eigenvalue weighted by Gasteiger charge is 2.47. The highest BCUT2D eigenvalue weighted by Crippen LogP contribution is 2.35. The van der Waals surface area contributed by atoms with Gasteiger partial charge in [-0.05, 0) is 57.7 Å². The van der Waals surface area contributed by atoms with Crippen molar-refractivity contribution in [2.24, 2.45) is 0 Å². The zero-order chi connectivity index (χ0) is 21.1. The number of amides is 1. The molecule has 7 heteroatoms. The molecule has 2 atom stereocenters. The van der Waals surface area contributed by atoms with Crippen LogP contribution in [0.4, 0.5) is 0 Å². The number of rotatable bonds is 5. The van der Waals surface area contributed by atoms with Gasteiger partial charge in [-0.3, -0.25) is 9.69 Å². The molecule has 2 fully saturated rings. The lowest BCUT2D eigenvalue weighted by Gasteiger charge is -2.48. The van der Waals surface area contributed by atoms with E-state index in [4.69, 9.17) is 9.47 Å². The van der Waals surface area contributed by atoms with Crippen molar-refractivity contribution in [2.75, 3.05) is 26.3 Å². The number of carbonyl (C=O) groups excluding carboxylic acids is 1. The molecule has 2 aliphatic rings. The third-order valence-electron chi connectivity index (χ3n) is 5.62. The number of piperidine rings is 1. The van der Waals surface area contributed by atoms with Gasteiger partial charge in [-0.25, -0.2) is 0 Å². The molecule has 0 bridgehead atoms. The molecule has 3 rings (SSSR count). The molecule has 2 aliphatic heterocycles. The number of hydrogen-bond donors (Lipinski definition) is 3. The number of ether oxygens (including phenoxy) is 2. The monoisotopic (exact) mass is 406 g/mol. The average molecular weight is 407 g/mol. The molecule has 0 aromatic heterocycles. The third kappa shape index (κ3) is 5.92. The Morgan fingerprint density at radius 2 is 1.90 bits per heavy atom. The van der Waals surface area contributed by atoms with Crippen LogP contribution in [-0.4, -0.2) is 70.7 Å². The topological polar surface area (TPSA) is 91.3 Å². The maximum absolute atomic E-state index is 11.8. The second-order valence-electron chi connectivity index (χ2n) is 9.22. The Balaban J connectivity index is 1.45. The summed E-state index contributed by atoms with van der Waals surface area (Å²) in [5.41, 5.74) is 0.297. The fraction of sp³-hybridized carbons (Fsp3) is 0.682. The number of aliphatic hydroxyl groups is 2. The molecule has 0 radical (unpaired) electrons. The molecular weight excluding hydrogens is 372 g/mol. The van der Waals surface area contributed by atoms with Gasteiger partial charge in [-0.15, -0.1) is 0 Å². The highest BCUT2D eigenvalue weighted by atomic mass is 16.5. The van der Waals surface area contributed by atoms with Gasteiger partial charge in [0.05, 0.1) is 18.3 Å². The zero-order valence-corrected chi connectivity index (χ0v) is 17.7. The van der Waals surface area contributed by atoms with E-state index in [0.717, 1.165) is 38.0 Å². The minimum Gasteiger partial charge on any atom is -0.484 e. The first-order valence-electron chi connectivity index (χ1n) is 10.4. The van der Waals surface area contributed by atoms with Crippen molar-refractivity contribution in [3.8, 4) is 5.75 Å². The number of hydrogen-bond acceptors (Lipinski definition) is 6. The normalized spacial score (nSPS) is 25.0. The van der Waals surface area contributed by atoms with Crippen molar-refractivity contribution < 1.29 is 24.5 Å². The Hall–Kier alpha value is -1.67. The summed E-state index contributed by atoms with van der Waals surface area (Å²) in [5, 5.41) is 23.2. The van der Waals surface area contributed by atoms with Gasteiger partial charge in [-0.2, -0.15) is 0 Å². The first-order valence-corrected chi connectivity index (χ1v) is 10.4. The van der Waals surface area contributed by atoms with E-state index in [9.17, 15) is 15.0 Å². The first kappa shape index (κ1) is 22.0. The van der Waals surface area contributed by atoms with Crippen molar-refractivity contribution in [3.05, 3.63) is 29.8 Å². The summed E-state index contributed by atoms with van der Waals surface area (Å²) in [5.74, 6) is 0.532. The number of carbonyl (C=O) groups is 1.